The lowest BCUT2D eigenvalue weighted by Gasteiger charge is -2.26. The Morgan fingerprint density at radius 1 is 0.970 bits per heavy atom. The van der Waals surface area contributed by atoms with Gasteiger partial charge in [-0.25, -0.2) is 8.42 Å². The number of rotatable bonds is 7. The lowest BCUT2D eigenvalue weighted by Crippen LogP contribution is -2.44. The number of carbonyl (C=O) groups excluding carboxylic acids is 1. The van der Waals surface area contributed by atoms with E-state index in [-0.39, 0.29) is 10.6 Å². The molecule has 0 saturated carbocycles. The van der Waals surface area contributed by atoms with Crippen LogP contribution in [0.4, 0.5) is 5.69 Å². The van der Waals surface area contributed by atoms with Crippen LogP contribution in [0.25, 0.3) is 0 Å². The zero-order valence-electron chi connectivity index (χ0n) is 19.4. The van der Waals surface area contributed by atoms with Crippen LogP contribution < -0.4 is 9.04 Å². The first-order valence-corrected chi connectivity index (χ1v) is 12.5. The van der Waals surface area contributed by atoms with Gasteiger partial charge >= 0.3 is 0 Å². The Hall–Kier alpha value is -2.83. The van der Waals surface area contributed by atoms with Gasteiger partial charge in [-0.3, -0.25) is 4.79 Å². The third-order valence-corrected chi connectivity index (χ3v) is 7.74. The molecule has 7 heteroatoms. The summed E-state index contributed by atoms with van der Waals surface area (Å²) in [6, 6.07) is 16.8. The molecule has 1 atom stereocenters. The average molecular weight is 486 g/mol. The Labute approximate surface area is 201 Å². The number of halogens is 1. The number of amides is 1. The number of anilines is 1. The third-order valence-electron chi connectivity index (χ3n) is 5.41. The molecule has 0 fully saturated rings. The van der Waals surface area contributed by atoms with Crippen molar-refractivity contribution in [3.8, 4) is 5.75 Å². The van der Waals surface area contributed by atoms with Crippen LogP contribution in [0.15, 0.2) is 65.6 Å². The minimum atomic E-state index is -4.17. The number of ether oxygens (including phenoxy) is 1. The normalized spacial score (nSPS) is 12.3. The van der Waals surface area contributed by atoms with Gasteiger partial charge in [0, 0.05) is 5.02 Å². The zero-order chi connectivity index (χ0) is 24.3. The molecule has 0 bridgehead atoms. The first-order valence-electron chi connectivity index (χ1n) is 10.7. The van der Waals surface area contributed by atoms with Crippen LogP contribution in [0.2, 0.25) is 5.02 Å². The number of carbonyl (C=O) groups is 1. The summed E-state index contributed by atoms with van der Waals surface area (Å²) in [5.41, 5.74) is 3.84. The minimum absolute atomic E-state index is 0.0337. The summed E-state index contributed by atoms with van der Waals surface area (Å²) >= 11 is 6.23. The highest BCUT2D eigenvalue weighted by Gasteiger charge is 2.35. The highest BCUT2D eigenvalue weighted by Crippen LogP contribution is 2.29. The largest absolute Gasteiger partial charge is 0.481 e. The number of hydrogen-bond acceptors (Lipinski definition) is 4. The van der Waals surface area contributed by atoms with E-state index in [0.717, 1.165) is 33.0 Å². The molecule has 0 aliphatic carbocycles. The molecule has 1 unspecified atom stereocenters. The average Bonchev–Trinajstić information content (AvgIpc) is 2.78. The molecular formula is C26H28ClNO4S. The number of benzene rings is 3. The predicted molar refractivity (Wildman–Crippen MR) is 133 cm³/mol. The molecule has 0 N–H and O–H groups in total. The van der Waals surface area contributed by atoms with Gasteiger partial charge in [0.25, 0.3) is 15.9 Å². The Balaban J connectivity index is 2.02. The molecule has 0 heterocycles. The van der Waals surface area contributed by atoms with Gasteiger partial charge in [-0.15, -0.1) is 0 Å². The summed E-state index contributed by atoms with van der Waals surface area (Å²) in [6.07, 6.45) is -0.260. The second-order valence-corrected chi connectivity index (χ2v) is 10.2. The molecule has 0 saturated heterocycles. The SMILES string of the molecule is CCc1ccc(N(C(=O)C(C)Oc2cc(C)c(Cl)c(C)c2)S(=O)(=O)c2ccc(C)cc2)cc1. The molecule has 33 heavy (non-hydrogen) atoms. The molecule has 5 nitrogen and oxygen atoms in total. The van der Waals surface area contributed by atoms with Gasteiger partial charge < -0.3 is 4.74 Å². The first-order chi connectivity index (χ1) is 15.5. The van der Waals surface area contributed by atoms with Crippen LogP contribution in [0, 0.1) is 20.8 Å². The van der Waals surface area contributed by atoms with E-state index in [4.69, 9.17) is 16.3 Å². The van der Waals surface area contributed by atoms with E-state index in [1.165, 1.54) is 12.1 Å². The first kappa shape index (κ1) is 24.8. The number of nitrogens with zero attached hydrogens (tertiary/aromatic N) is 1. The third kappa shape index (κ3) is 5.40. The van der Waals surface area contributed by atoms with Crippen molar-refractivity contribution < 1.29 is 17.9 Å². The maximum Gasteiger partial charge on any atom is 0.281 e. The molecule has 0 aliphatic rings. The fraction of sp³-hybridized carbons (Fsp3) is 0.269. The fourth-order valence-corrected chi connectivity index (χ4v) is 5.05. The molecule has 0 radical (unpaired) electrons. The van der Waals surface area contributed by atoms with Crippen molar-refractivity contribution in [3.63, 3.8) is 0 Å². The summed E-state index contributed by atoms with van der Waals surface area (Å²) in [6.45, 7) is 9.11. The van der Waals surface area contributed by atoms with E-state index in [0.29, 0.717) is 10.8 Å². The van der Waals surface area contributed by atoms with E-state index in [1.54, 1.807) is 43.3 Å². The van der Waals surface area contributed by atoms with Crippen molar-refractivity contribution in [2.24, 2.45) is 0 Å². The molecular weight excluding hydrogens is 458 g/mol. The molecule has 174 valence electrons. The second kappa shape index (κ2) is 9.98. The van der Waals surface area contributed by atoms with Crippen molar-refractivity contribution in [2.45, 2.75) is 52.0 Å². The van der Waals surface area contributed by atoms with Crippen LogP contribution in [-0.2, 0) is 21.2 Å². The highest BCUT2D eigenvalue weighted by molar-refractivity contribution is 7.93. The van der Waals surface area contributed by atoms with Crippen LogP contribution in [0.1, 0.15) is 36.1 Å². The molecule has 0 aromatic heterocycles. The zero-order valence-corrected chi connectivity index (χ0v) is 21.0. The lowest BCUT2D eigenvalue weighted by atomic mass is 10.1. The van der Waals surface area contributed by atoms with Crippen LogP contribution in [0.3, 0.4) is 0 Å². The van der Waals surface area contributed by atoms with Gasteiger partial charge in [0.2, 0.25) is 0 Å². The smallest absolute Gasteiger partial charge is 0.281 e. The number of aryl methyl sites for hydroxylation is 4. The Bertz CT molecular complexity index is 1230. The molecule has 3 aromatic carbocycles. The van der Waals surface area contributed by atoms with Gasteiger partial charge in [0.15, 0.2) is 6.10 Å². The maximum absolute atomic E-state index is 13.6. The quantitative estimate of drug-likeness (QED) is 0.410. The Morgan fingerprint density at radius 2 is 1.52 bits per heavy atom. The molecule has 0 spiro atoms. The summed E-state index contributed by atoms with van der Waals surface area (Å²) in [4.78, 5) is 13.6. The van der Waals surface area contributed by atoms with Crippen molar-refractivity contribution in [3.05, 3.63) is 87.9 Å². The molecule has 3 aromatic rings. The predicted octanol–water partition coefficient (Wildman–Crippen LogP) is 6.02. The molecule has 1 amide bonds. The second-order valence-electron chi connectivity index (χ2n) is 8.07. The summed E-state index contributed by atoms with van der Waals surface area (Å²) in [5.74, 6) is -0.241. The summed E-state index contributed by atoms with van der Waals surface area (Å²) in [7, 11) is -4.17. The standard InChI is InChI=1S/C26H28ClNO4S/c1-6-21-9-11-22(12-10-21)28(33(30,31)24-13-7-17(2)8-14-24)26(29)20(5)32-23-15-18(3)25(27)19(4)16-23/h7-16,20H,6H2,1-5H3. The van der Waals surface area contributed by atoms with Crippen LogP contribution >= 0.6 is 11.6 Å². The Kier molecular flexibility index (Phi) is 7.50. The topological polar surface area (TPSA) is 63.7 Å². The van der Waals surface area contributed by atoms with E-state index < -0.39 is 22.0 Å². The summed E-state index contributed by atoms with van der Waals surface area (Å²) < 4.78 is 33.9. The highest BCUT2D eigenvalue weighted by atomic mass is 35.5. The van der Waals surface area contributed by atoms with Crippen molar-refractivity contribution in [1.82, 2.24) is 0 Å². The Morgan fingerprint density at radius 3 is 2.03 bits per heavy atom. The maximum atomic E-state index is 13.6. The molecule has 0 aliphatic heterocycles. The van der Waals surface area contributed by atoms with Crippen molar-refractivity contribution in [1.29, 1.82) is 0 Å². The number of hydrogen-bond donors (Lipinski definition) is 0. The molecule has 3 rings (SSSR count). The van der Waals surface area contributed by atoms with Crippen molar-refractivity contribution >= 4 is 33.2 Å². The van der Waals surface area contributed by atoms with E-state index in [2.05, 4.69) is 0 Å². The van der Waals surface area contributed by atoms with Crippen molar-refractivity contribution in [2.75, 3.05) is 4.31 Å². The van der Waals surface area contributed by atoms with Gasteiger partial charge in [0.1, 0.15) is 5.75 Å². The van der Waals surface area contributed by atoms with Crippen LogP contribution in [0.5, 0.6) is 5.75 Å². The van der Waals surface area contributed by atoms with Gasteiger partial charge in [0.05, 0.1) is 10.6 Å². The summed E-state index contributed by atoms with van der Waals surface area (Å²) in [5, 5.41) is 0.626. The van der Waals surface area contributed by atoms with E-state index in [9.17, 15) is 13.2 Å². The van der Waals surface area contributed by atoms with Gasteiger partial charge in [-0.1, -0.05) is 48.4 Å². The monoisotopic (exact) mass is 485 g/mol. The van der Waals surface area contributed by atoms with E-state index >= 15 is 0 Å². The lowest BCUT2D eigenvalue weighted by molar-refractivity contribution is -0.123. The fourth-order valence-electron chi connectivity index (χ4n) is 3.46. The number of sulfonamides is 1. The van der Waals surface area contributed by atoms with Gasteiger partial charge in [-0.2, -0.15) is 4.31 Å². The van der Waals surface area contributed by atoms with Crippen LogP contribution in [-0.4, -0.2) is 20.4 Å². The van der Waals surface area contributed by atoms with Gasteiger partial charge in [-0.05, 0) is 87.2 Å². The van der Waals surface area contributed by atoms with E-state index in [1.807, 2.05) is 39.8 Å². The minimum Gasteiger partial charge on any atom is -0.481 e.